The van der Waals surface area contributed by atoms with Gasteiger partial charge in [0.15, 0.2) is 0 Å². The van der Waals surface area contributed by atoms with Crippen molar-refractivity contribution < 1.29 is 18.3 Å². The highest BCUT2D eigenvalue weighted by Crippen LogP contribution is 2.39. The summed E-state index contributed by atoms with van der Waals surface area (Å²) in [6, 6.07) is 5.73. The van der Waals surface area contributed by atoms with Crippen LogP contribution in [0.15, 0.2) is 57.5 Å². The first-order chi connectivity index (χ1) is 11.6. The highest BCUT2D eigenvalue weighted by molar-refractivity contribution is 7.90. The number of hydrogen-bond acceptors (Lipinski definition) is 4. The molecular formula is C18H20N2O4S. The molecule has 7 heteroatoms. The molecule has 25 heavy (non-hydrogen) atoms. The SMILES string of the molecule is C=CCN1C(=O)C(C2=NS(=O)(=O)c3ccccc32)=C(O)C1C(C)(C)C. The van der Waals surface area contributed by atoms with E-state index in [9.17, 15) is 18.3 Å². The molecule has 0 spiro atoms. The van der Waals surface area contributed by atoms with Gasteiger partial charge in [-0.3, -0.25) is 4.79 Å². The van der Waals surface area contributed by atoms with Crippen LogP contribution in [0.5, 0.6) is 0 Å². The Bertz CT molecular complexity index is 936. The lowest BCUT2D eigenvalue weighted by Crippen LogP contribution is -2.44. The monoisotopic (exact) mass is 360 g/mol. The summed E-state index contributed by atoms with van der Waals surface area (Å²) in [5, 5.41) is 10.8. The Kier molecular flexibility index (Phi) is 3.87. The van der Waals surface area contributed by atoms with Crippen molar-refractivity contribution in [3.8, 4) is 0 Å². The van der Waals surface area contributed by atoms with Crippen LogP contribution in [0.3, 0.4) is 0 Å². The molecule has 1 aromatic rings. The largest absolute Gasteiger partial charge is 0.509 e. The second kappa shape index (κ2) is 5.56. The van der Waals surface area contributed by atoms with Crippen LogP contribution in [0.25, 0.3) is 0 Å². The van der Waals surface area contributed by atoms with Crippen molar-refractivity contribution in [3.63, 3.8) is 0 Å². The molecule has 2 aliphatic rings. The Hall–Kier alpha value is -2.41. The first kappa shape index (κ1) is 17.4. The lowest BCUT2D eigenvalue weighted by molar-refractivity contribution is -0.127. The fraction of sp³-hybridized carbons (Fsp3) is 0.333. The van der Waals surface area contributed by atoms with Gasteiger partial charge in [0, 0.05) is 12.1 Å². The van der Waals surface area contributed by atoms with Gasteiger partial charge in [0.25, 0.3) is 15.9 Å². The van der Waals surface area contributed by atoms with E-state index in [1.807, 2.05) is 20.8 Å². The molecule has 1 amide bonds. The average molecular weight is 360 g/mol. The number of fused-ring (bicyclic) bond motifs is 1. The molecule has 132 valence electrons. The van der Waals surface area contributed by atoms with E-state index in [0.717, 1.165) is 0 Å². The summed E-state index contributed by atoms with van der Waals surface area (Å²) < 4.78 is 28.4. The van der Waals surface area contributed by atoms with Gasteiger partial charge in [-0.05, 0) is 11.5 Å². The number of benzene rings is 1. The summed E-state index contributed by atoms with van der Waals surface area (Å²) in [7, 11) is -3.87. The average Bonchev–Trinajstić information content (AvgIpc) is 2.91. The number of aliphatic hydroxyl groups excluding tert-OH is 1. The topological polar surface area (TPSA) is 87.0 Å². The molecular weight excluding hydrogens is 340 g/mol. The predicted molar refractivity (Wildman–Crippen MR) is 95.0 cm³/mol. The Morgan fingerprint density at radius 3 is 2.56 bits per heavy atom. The van der Waals surface area contributed by atoms with E-state index in [1.165, 1.54) is 11.0 Å². The van der Waals surface area contributed by atoms with Crippen LogP contribution in [0.1, 0.15) is 26.3 Å². The molecule has 0 aliphatic carbocycles. The van der Waals surface area contributed by atoms with Crippen LogP contribution in [0.2, 0.25) is 0 Å². The molecule has 0 saturated heterocycles. The first-order valence-corrected chi connectivity index (χ1v) is 9.33. The minimum atomic E-state index is -3.87. The molecule has 1 aromatic carbocycles. The van der Waals surface area contributed by atoms with Crippen molar-refractivity contribution in [2.45, 2.75) is 31.7 Å². The van der Waals surface area contributed by atoms with Crippen molar-refractivity contribution in [3.05, 3.63) is 53.8 Å². The normalized spacial score (nSPS) is 22.2. The van der Waals surface area contributed by atoms with Gasteiger partial charge in [-0.1, -0.05) is 45.0 Å². The summed E-state index contributed by atoms with van der Waals surface area (Å²) in [5.74, 6) is -0.590. The summed E-state index contributed by atoms with van der Waals surface area (Å²) in [5.41, 5.74) is -0.137. The molecule has 1 unspecified atom stereocenters. The van der Waals surface area contributed by atoms with Crippen LogP contribution in [-0.4, -0.2) is 42.6 Å². The van der Waals surface area contributed by atoms with E-state index >= 15 is 0 Å². The maximum absolute atomic E-state index is 13.0. The first-order valence-electron chi connectivity index (χ1n) is 7.89. The van der Waals surface area contributed by atoms with Crippen LogP contribution < -0.4 is 0 Å². The summed E-state index contributed by atoms with van der Waals surface area (Å²) in [6.07, 6.45) is 1.58. The fourth-order valence-electron chi connectivity index (χ4n) is 3.37. The standard InChI is InChI=1S/C18H20N2O4S/c1-5-10-20-16(18(2,3)4)15(21)13(17(20)22)14-11-8-6-7-9-12(11)25(23,24)19-14/h5-9,16,21H,1,10H2,2-4H3. The molecule has 2 aliphatic heterocycles. The molecule has 2 heterocycles. The number of carbonyl (C=O) groups is 1. The number of rotatable bonds is 3. The smallest absolute Gasteiger partial charge is 0.283 e. The van der Waals surface area contributed by atoms with Crippen molar-refractivity contribution in [2.75, 3.05) is 6.54 Å². The molecule has 0 aromatic heterocycles. The minimum absolute atomic E-state index is 0.0129. The van der Waals surface area contributed by atoms with Crippen molar-refractivity contribution in [1.82, 2.24) is 4.90 Å². The Balaban J connectivity index is 2.22. The lowest BCUT2D eigenvalue weighted by atomic mass is 9.85. The molecule has 0 fully saturated rings. The maximum atomic E-state index is 13.0. The molecule has 6 nitrogen and oxygen atoms in total. The van der Waals surface area contributed by atoms with Gasteiger partial charge in [0.1, 0.15) is 17.0 Å². The number of aliphatic hydroxyl groups is 1. The van der Waals surface area contributed by atoms with E-state index in [4.69, 9.17) is 0 Å². The van der Waals surface area contributed by atoms with Crippen LogP contribution in [0, 0.1) is 5.41 Å². The maximum Gasteiger partial charge on any atom is 0.283 e. The number of hydrogen-bond donors (Lipinski definition) is 1. The summed E-state index contributed by atoms with van der Waals surface area (Å²) >= 11 is 0. The molecule has 0 bridgehead atoms. The summed E-state index contributed by atoms with van der Waals surface area (Å²) in [6.45, 7) is 9.62. The number of carbonyl (C=O) groups excluding carboxylic acids is 1. The number of sulfonamides is 1. The number of nitrogens with zero attached hydrogens (tertiary/aromatic N) is 2. The third-order valence-corrected chi connectivity index (χ3v) is 5.65. The van der Waals surface area contributed by atoms with E-state index < -0.39 is 27.4 Å². The van der Waals surface area contributed by atoms with Crippen molar-refractivity contribution >= 4 is 21.6 Å². The highest BCUT2D eigenvalue weighted by Gasteiger charge is 2.48. The van der Waals surface area contributed by atoms with Gasteiger partial charge in [-0.25, -0.2) is 0 Å². The van der Waals surface area contributed by atoms with Crippen LogP contribution >= 0.6 is 0 Å². The van der Waals surface area contributed by atoms with Gasteiger partial charge in [-0.2, -0.15) is 12.8 Å². The quantitative estimate of drug-likeness (QED) is 0.839. The van der Waals surface area contributed by atoms with E-state index in [1.54, 1.807) is 24.3 Å². The number of amides is 1. The van der Waals surface area contributed by atoms with Gasteiger partial charge in [-0.15, -0.1) is 6.58 Å². The zero-order valence-electron chi connectivity index (χ0n) is 14.4. The van der Waals surface area contributed by atoms with E-state index in [0.29, 0.717) is 5.56 Å². The molecule has 1 N–H and O–H groups in total. The van der Waals surface area contributed by atoms with Crippen LogP contribution in [0.4, 0.5) is 0 Å². The van der Waals surface area contributed by atoms with Gasteiger partial charge < -0.3 is 10.0 Å². The third-order valence-electron chi connectivity index (χ3n) is 4.32. The minimum Gasteiger partial charge on any atom is -0.509 e. The second-order valence-corrected chi connectivity index (χ2v) is 8.76. The second-order valence-electron chi connectivity index (χ2n) is 7.19. The van der Waals surface area contributed by atoms with Crippen molar-refractivity contribution in [1.29, 1.82) is 0 Å². The summed E-state index contributed by atoms with van der Waals surface area (Å²) in [4.78, 5) is 14.5. The third kappa shape index (κ3) is 2.59. The Morgan fingerprint density at radius 2 is 1.96 bits per heavy atom. The molecule has 0 radical (unpaired) electrons. The zero-order chi connectivity index (χ0) is 18.6. The van der Waals surface area contributed by atoms with Gasteiger partial charge in [0.05, 0.1) is 10.9 Å². The molecule has 3 rings (SSSR count). The van der Waals surface area contributed by atoms with Crippen molar-refractivity contribution in [2.24, 2.45) is 9.81 Å². The molecule has 1 atom stereocenters. The van der Waals surface area contributed by atoms with E-state index in [2.05, 4.69) is 11.0 Å². The lowest BCUT2D eigenvalue weighted by Gasteiger charge is -2.34. The van der Waals surface area contributed by atoms with Gasteiger partial charge >= 0.3 is 0 Å². The highest BCUT2D eigenvalue weighted by atomic mass is 32.2. The predicted octanol–water partition coefficient (Wildman–Crippen LogP) is 2.43. The fourth-order valence-corrected chi connectivity index (χ4v) is 4.59. The Labute approximate surface area is 147 Å². The zero-order valence-corrected chi connectivity index (χ0v) is 15.2. The Morgan fingerprint density at radius 1 is 1.32 bits per heavy atom. The van der Waals surface area contributed by atoms with Crippen LogP contribution in [-0.2, 0) is 14.8 Å². The van der Waals surface area contributed by atoms with Gasteiger partial charge in [0.2, 0.25) is 0 Å². The van der Waals surface area contributed by atoms with E-state index in [-0.39, 0.29) is 28.5 Å². The molecule has 0 saturated carbocycles.